The highest BCUT2D eigenvalue weighted by Crippen LogP contribution is 2.33. The van der Waals surface area contributed by atoms with E-state index < -0.39 is 0 Å². The minimum absolute atomic E-state index is 0.411. The summed E-state index contributed by atoms with van der Waals surface area (Å²) < 4.78 is 5.40. The zero-order valence-corrected chi connectivity index (χ0v) is 13.5. The molecular formula is C14H21Cl2N3O. The molecule has 1 aromatic rings. The first-order chi connectivity index (χ1) is 9.63. The van der Waals surface area contributed by atoms with Crippen LogP contribution in [0.2, 0.25) is 10.0 Å². The van der Waals surface area contributed by atoms with E-state index in [1.807, 2.05) is 7.05 Å². The second kappa shape index (κ2) is 7.34. The fraction of sp³-hybridized carbons (Fsp3) is 0.643. The van der Waals surface area contributed by atoms with Crippen molar-refractivity contribution in [3.8, 4) is 0 Å². The van der Waals surface area contributed by atoms with E-state index in [2.05, 4.69) is 22.1 Å². The summed E-state index contributed by atoms with van der Waals surface area (Å²) in [5, 5.41) is 4.39. The SMILES string of the molecule is CCCNc1nc(N(C)C2CCOCC2)c(Cl)cc1Cl. The van der Waals surface area contributed by atoms with Crippen molar-refractivity contribution in [3.63, 3.8) is 0 Å². The third-order valence-electron chi connectivity index (χ3n) is 3.53. The molecule has 4 nitrogen and oxygen atoms in total. The molecule has 0 aliphatic carbocycles. The van der Waals surface area contributed by atoms with Crippen LogP contribution < -0.4 is 10.2 Å². The Morgan fingerprint density at radius 3 is 2.70 bits per heavy atom. The van der Waals surface area contributed by atoms with Crippen molar-refractivity contribution < 1.29 is 4.74 Å². The van der Waals surface area contributed by atoms with Gasteiger partial charge in [0.1, 0.15) is 11.6 Å². The van der Waals surface area contributed by atoms with Gasteiger partial charge in [-0.2, -0.15) is 0 Å². The van der Waals surface area contributed by atoms with Crippen LogP contribution in [-0.2, 0) is 4.74 Å². The minimum atomic E-state index is 0.411. The van der Waals surface area contributed by atoms with Crippen LogP contribution in [0, 0.1) is 0 Å². The molecule has 0 aromatic carbocycles. The maximum absolute atomic E-state index is 6.30. The van der Waals surface area contributed by atoms with E-state index in [9.17, 15) is 0 Å². The van der Waals surface area contributed by atoms with E-state index in [0.29, 0.717) is 21.9 Å². The van der Waals surface area contributed by atoms with Gasteiger partial charge in [-0.1, -0.05) is 30.1 Å². The molecule has 20 heavy (non-hydrogen) atoms. The number of halogens is 2. The van der Waals surface area contributed by atoms with Crippen molar-refractivity contribution in [1.82, 2.24) is 4.98 Å². The van der Waals surface area contributed by atoms with Crippen molar-refractivity contribution in [2.24, 2.45) is 0 Å². The number of aromatic nitrogens is 1. The van der Waals surface area contributed by atoms with Gasteiger partial charge in [-0.05, 0) is 25.3 Å². The van der Waals surface area contributed by atoms with Crippen molar-refractivity contribution in [2.45, 2.75) is 32.2 Å². The van der Waals surface area contributed by atoms with Crippen LogP contribution in [0.4, 0.5) is 11.6 Å². The third kappa shape index (κ3) is 3.68. The number of rotatable bonds is 5. The Morgan fingerprint density at radius 2 is 2.05 bits per heavy atom. The molecule has 1 fully saturated rings. The summed E-state index contributed by atoms with van der Waals surface area (Å²) in [7, 11) is 2.03. The molecule has 0 amide bonds. The second-order valence-electron chi connectivity index (χ2n) is 5.01. The van der Waals surface area contributed by atoms with Gasteiger partial charge < -0.3 is 15.0 Å². The zero-order valence-electron chi connectivity index (χ0n) is 12.0. The molecule has 0 saturated carbocycles. The van der Waals surface area contributed by atoms with Crippen LogP contribution in [0.1, 0.15) is 26.2 Å². The largest absolute Gasteiger partial charge is 0.381 e. The monoisotopic (exact) mass is 317 g/mol. The van der Waals surface area contributed by atoms with E-state index in [1.165, 1.54) is 0 Å². The first kappa shape index (κ1) is 15.7. The topological polar surface area (TPSA) is 37.4 Å². The molecule has 0 bridgehead atoms. The highest BCUT2D eigenvalue weighted by atomic mass is 35.5. The number of pyridine rings is 1. The highest BCUT2D eigenvalue weighted by Gasteiger charge is 2.22. The van der Waals surface area contributed by atoms with E-state index >= 15 is 0 Å². The summed E-state index contributed by atoms with van der Waals surface area (Å²) in [4.78, 5) is 6.73. The van der Waals surface area contributed by atoms with Gasteiger partial charge in [0.2, 0.25) is 0 Å². The summed E-state index contributed by atoms with van der Waals surface area (Å²) in [5.41, 5.74) is 0. The Bertz CT molecular complexity index is 450. The van der Waals surface area contributed by atoms with Gasteiger partial charge >= 0.3 is 0 Å². The fourth-order valence-corrected chi connectivity index (χ4v) is 2.88. The molecule has 6 heteroatoms. The Morgan fingerprint density at radius 1 is 1.35 bits per heavy atom. The average Bonchev–Trinajstić information content (AvgIpc) is 2.47. The van der Waals surface area contributed by atoms with Crippen LogP contribution in [-0.4, -0.2) is 37.8 Å². The molecule has 1 aliphatic rings. The summed E-state index contributed by atoms with van der Waals surface area (Å²) in [5.74, 6) is 1.48. The lowest BCUT2D eigenvalue weighted by atomic mass is 10.1. The van der Waals surface area contributed by atoms with E-state index in [4.69, 9.17) is 27.9 Å². The second-order valence-corrected chi connectivity index (χ2v) is 5.82. The smallest absolute Gasteiger partial charge is 0.149 e. The summed E-state index contributed by atoms with van der Waals surface area (Å²) >= 11 is 12.5. The number of nitrogens with one attached hydrogen (secondary N) is 1. The molecule has 0 unspecified atom stereocenters. The standard InChI is InChI=1S/C14H21Cl2N3O/c1-3-6-17-13-11(15)9-12(16)14(18-13)19(2)10-4-7-20-8-5-10/h9-10H,3-8H2,1-2H3,(H,17,18). The van der Waals surface area contributed by atoms with Crippen LogP contribution in [0.15, 0.2) is 6.07 Å². The number of hydrogen-bond donors (Lipinski definition) is 1. The molecule has 1 N–H and O–H groups in total. The quantitative estimate of drug-likeness (QED) is 0.895. The van der Waals surface area contributed by atoms with Crippen molar-refractivity contribution >= 4 is 34.8 Å². The summed E-state index contributed by atoms with van der Waals surface area (Å²) in [6, 6.07) is 2.17. The van der Waals surface area contributed by atoms with Crippen molar-refractivity contribution in [3.05, 3.63) is 16.1 Å². The van der Waals surface area contributed by atoms with Crippen LogP contribution in [0.25, 0.3) is 0 Å². The van der Waals surface area contributed by atoms with Crippen molar-refractivity contribution in [1.29, 1.82) is 0 Å². The first-order valence-corrected chi connectivity index (χ1v) is 7.79. The Hall–Kier alpha value is -0.710. The van der Waals surface area contributed by atoms with Gasteiger partial charge in [-0.3, -0.25) is 0 Å². The van der Waals surface area contributed by atoms with E-state index in [-0.39, 0.29) is 0 Å². The van der Waals surface area contributed by atoms with Crippen LogP contribution >= 0.6 is 23.2 Å². The maximum atomic E-state index is 6.30. The first-order valence-electron chi connectivity index (χ1n) is 7.04. The Labute approximate surface area is 130 Å². The van der Waals surface area contributed by atoms with Gasteiger partial charge in [0.15, 0.2) is 0 Å². The average molecular weight is 318 g/mol. The lowest BCUT2D eigenvalue weighted by Crippen LogP contribution is -2.37. The molecular weight excluding hydrogens is 297 g/mol. The molecule has 0 atom stereocenters. The zero-order chi connectivity index (χ0) is 14.5. The van der Waals surface area contributed by atoms with E-state index in [0.717, 1.165) is 44.8 Å². The number of hydrogen-bond acceptors (Lipinski definition) is 4. The molecule has 0 spiro atoms. The number of nitrogens with zero attached hydrogens (tertiary/aromatic N) is 2. The summed E-state index contributed by atoms with van der Waals surface area (Å²) in [6.45, 7) is 4.53. The van der Waals surface area contributed by atoms with Crippen LogP contribution in [0.3, 0.4) is 0 Å². The third-order valence-corrected chi connectivity index (χ3v) is 4.09. The lowest BCUT2D eigenvalue weighted by Gasteiger charge is -2.32. The minimum Gasteiger partial charge on any atom is -0.381 e. The van der Waals surface area contributed by atoms with Gasteiger partial charge in [0.25, 0.3) is 0 Å². The molecule has 1 aliphatic heterocycles. The van der Waals surface area contributed by atoms with Gasteiger partial charge in [-0.25, -0.2) is 4.98 Å². The Kier molecular flexibility index (Phi) is 5.75. The maximum Gasteiger partial charge on any atom is 0.149 e. The number of anilines is 2. The van der Waals surface area contributed by atoms with E-state index in [1.54, 1.807) is 6.07 Å². The molecule has 1 aromatic heterocycles. The van der Waals surface area contributed by atoms with Crippen molar-refractivity contribution in [2.75, 3.05) is 37.0 Å². The predicted molar refractivity (Wildman–Crippen MR) is 85.3 cm³/mol. The highest BCUT2D eigenvalue weighted by molar-refractivity contribution is 6.37. The normalized spacial score (nSPS) is 16.2. The predicted octanol–water partition coefficient (Wildman–Crippen LogP) is 3.83. The molecule has 2 rings (SSSR count). The molecule has 112 valence electrons. The molecule has 0 radical (unpaired) electrons. The number of ether oxygens (including phenoxy) is 1. The molecule has 1 saturated heterocycles. The van der Waals surface area contributed by atoms with Gasteiger partial charge in [-0.15, -0.1) is 0 Å². The fourth-order valence-electron chi connectivity index (χ4n) is 2.32. The summed E-state index contributed by atoms with van der Waals surface area (Å²) in [6.07, 6.45) is 3.01. The Balaban J connectivity index is 2.20. The van der Waals surface area contributed by atoms with Gasteiger partial charge in [0.05, 0.1) is 10.0 Å². The van der Waals surface area contributed by atoms with Gasteiger partial charge in [0, 0.05) is 32.8 Å². The molecule has 2 heterocycles. The van der Waals surface area contributed by atoms with Crippen LogP contribution in [0.5, 0.6) is 0 Å². The lowest BCUT2D eigenvalue weighted by molar-refractivity contribution is 0.0853.